The van der Waals surface area contributed by atoms with Gasteiger partial charge in [0.25, 0.3) is 0 Å². The zero-order chi connectivity index (χ0) is 14.2. The fraction of sp³-hybridized carbons (Fsp3) is 0.417. The second-order valence-corrected chi connectivity index (χ2v) is 5.43. The van der Waals surface area contributed by atoms with Crippen molar-refractivity contribution < 1.29 is 9.53 Å². The lowest BCUT2D eigenvalue weighted by atomic mass is 10.2. The molecule has 7 heteroatoms. The Morgan fingerprint density at radius 3 is 2.74 bits per heavy atom. The summed E-state index contributed by atoms with van der Waals surface area (Å²) in [6.45, 7) is 5.40. The number of amides is 1. The van der Waals surface area contributed by atoms with Crippen molar-refractivity contribution in [3.8, 4) is 0 Å². The van der Waals surface area contributed by atoms with E-state index in [0.29, 0.717) is 16.9 Å². The molecule has 0 unspecified atom stereocenters. The molecule has 2 aromatic heterocycles. The van der Waals surface area contributed by atoms with E-state index in [1.54, 1.807) is 40.1 Å². The highest BCUT2D eigenvalue weighted by Gasteiger charge is 2.23. The lowest BCUT2D eigenvalue weighted by Crippen LogP contribution is -2.34. The van der Waals surface area contributed by atoms with Crippen LogP contribution in [0, 0.1) is 0 Å². The van der Waals surface area contributed by atoms with Gasteiger partial charge in [0, 0.05) is 13.2 Å². The smallest absolute Gasteiger partial charge is 0.415 e. The zero-order valence-corrected chi connectivity index (χ0v) is 11.9. The molecule has 0 radical (unpaired) electrons. The zero-order valence-electron chi connectivity index (χ0n) is 11.2. The van der Waals surface area contributed by atoms with E-state index in [1.165, 1.54) is 4.90 Å². The van der Waals surface area contributed by atoms with Crippen LogP contribution in [-0.4, -0.2) is 33.7 Å². The van der Waals surface area contributed by atoms with E-state index in [9.17, 15) is 4.79 Å². The first kappa shape index (κ1) is 13.6. The summed E-state index contributed by atoms with van der Waals surface area (Å²) < 4.78 is 5.29. The molecule has 0 aliphatic rings. The molecule has 2 heterocycles. The molecule has 0 aliphatic heterocycles. The first-order valence-corrected chi connectivity index (χ1v) is 6.13. The molecular formula is C12H15ClN4O2. The van der Waals surface area contributed by atoms with Crippen LogP contribution in [0.15, 0.2) is 12.3 Å². The maximum Gasteiger partial charge on any atom is 0.415 e. The first-order valence-electron chi connectivity index (χ1n) is 5.75. The van der Waals surface area contributed by atoms with E-state index in [2.05, 4.69) is 15.0 Å². The maximum atomic E-state index is 12.0. The summed E-state index contributed by atoms with van der Waals surface area (Å²) in [5.74, 6) is 0.384. The van der Waals surface area contributed by atoms with Gasteiger partial charge in [0.05, 0.1) is 5.52 Å². The highest BCUT2D eigenvalue weighted by atomic mass is 35.5. The third-order valence-corrected chi connectivity index (χ3v) is 2.51. The van der Waals surface area contributed by atoms with E-state index in [-0.39, 0.29) is 5.28 Å². The molecule has 0 spiro atoms. The fourth-order valence-corrected chi connectivity index (χ4v) is 1.73. The van der Waals surface area contributed by atoms with Crippen molar-refractivity contribution in [3.63, 3.8) is 0 Å². The molecular weight excluding hydrogens is 268 g/mol. The second kappa shape index (κ2) is 4.70. The van der Waals surface area contributed by atoms with Crippen molar-refractivity contribution in [2.45, 2.75) is 26.4 Å². The van der Waals surface area contributed by atoms with Crippen LogP contribution in [0.5, 0.6) is 0 Å². The summed E-state index contributed by atoms with van der Waals surface area (Å²) in [6.07, 6.45) is 1.21. The molecule has 0 aliphatic carbocycles. The Morgan fingerprint density at radius 1 is 1.42 bits per heavy atom. The van der Waals surface area contributed by atoms with E-state index in [1.807, 2.05) is 0 Å². The van der Waals surface area contributed by atoms with Crippen LogP contribution in [0.3, 0.4) is 0 Å². The number of hydrogen-bond acceptors (Lipinski definition) is 4. The summed E-state index contributed by atoms with van der Waals surface area (Å²) in [6, 6.07) is 1.76. The monoisotopic (exact) mass is 282 g/mol. The van der Waals surface area contributed by atoms with Gasteiger partial charge in [0.2, 0.25) is 5.28 Å². The third-order valence-electron chi connectivity index (χ3n) is 2.34. The van der Waals surface area contributed by atoms with Gasteiger partial charge in [-0.15, -0.1) is 0 Å². The van der Waals surface area contributed by atoms with Crippen LogP contribution in [-0.2, 0) is 4.74 Å². The predicted octanol–water partition coefficient (Wildman–Crippen LogP) is 2.98. The average molecular weight is 283 g/mol. The minimum Gasteiger partial charge on any atom is -0.443 e. The van der Waals surface area contributed by atoms with E-state index in [0.717, 1.165) is 0 Å². The number of hydrogen-bond donors (Lipinski definition) is 1. The van der Waals surface area contributed by atoms with Gasteiger partial charge in [-0.05, 0) is 38.4 Å². The van der Waals surface area contributed by atoms with Gasteiger partial charge in [0.1, 0.15) is 11.1 Å². The summed E-state index contributed by atoms with van der Waals surface area (Å²) in [5, 5.41) is 0.0810. The molecule has 19 heavy (non-hydrogen) atoms. The number of fused-ring (bicyclic) bond motifs is 1. The number of H-pyrrole nitrogens is 1. The number of ether oxygens (including phenoxy) is 1. The fourth-order valence-electron chi connectivity index (χ4n) is 1.56. The normalized spacial score (nSPS) is 11.6. The number of carbonyl (C=O) groups excluding carboxylic acids is 1. The van der Waals surface area contributed by atoms with Gasteiger partial charge in [-0.2, -0.15) is 4.98 Å². The number of aromatic nitrogens is 3. The molecule has 0 atom stereocenters. The summed E-state index contributed by atoms with van der Waals surface area (Å²) in [7, 11) is 1.58. The molecule has 2 aromatic rings. The molecule has 2 rings (SSSR count). The van der Waals surface area contributed by atoms with Crippen LogP contribution in [0.1, 0.15) is 20.8 Å². The molecule has 102 valence electrons. The van der Waals surface area contributed by atoms with Gasteiger partial charge < -0.3 is 9.72 Å². The largest absolute Gasteiger partial charge is 0.443 e. The second-order valence-electron chi connectivity index (χ2n) is 5.09. The molecule has 0 saturated heterocycles. The van der Waals surface area contributed by atoms with E-state index >= 15 is 0 Å². The Balaban J connectivity index is 2.38. The van der Waals surface area contributed by atoms with Gasteiger partial charge >= 0.3 is 6.09 Å². The van der Waals surface area contributed by atoms with Crippen molar-refractivity contribution in [3.05, 3.63) is 17.5 Å². The van der Waals surface area contributed by atoms with Gasteiger partial charge in [-0.25, -0.2) is 9.78 Å². The predicted molar refractivity (Wildman–Crippen MR) is 73.5 cm³/mol. The Labute approximate surface area is 115 Å². The molecule has 6 nitrogen and oxygen atoms in total. The molecule has 1 amide bonds. The van der Waals surface area contributed by atoms with Gasteiger partial charge in [0.15, 0.2) is 5.82 Å². The first-order chi connectivity index (χ1) is 8.78. The van der Waals surface area contributed by atoms with Gasteiger partial charge in [-0.3, -0.25) is 4.90 Å². The highest BCUT2D eigenvalue weighted by Crippen LogP contribution is 2.24. The quantitative estimate of drug-likeness (QED) is 0.816. The molecule has 0 bridgehead atoms. The Bertz CT molecular complexity index is 618. The van der Waals surface area contributed by atoms with E-state index in [4.69, 9.17) is 16.3 Å². The molecule has 0 aromatic carbocycles. The van der Waals surface area contributed by atoms with Crippen LogP contribution in [0.4, 0.5) is 10.6 Å². The number of halogens is 1. The van der Waals surface area contributed by atoms with Crippen molar-refractivity contribution >= 4 is 34.5 Å². The number of nitrogens with one attached hydrogen (secondary N) is 1. The van der Waals surface area contributed by atoms with Crippen molar-refractivity contribution in [1.29, 1.82) is 0 Å². The number of anilines is 1. The number of aromatic amines is 1. The van der Waals surface area contributed by atoms with Crippen LogP contribution < -0.4 is 4.90 Å². The SMILES string of the molecule is CN(C(=O)OC(C)(C)C)c1nc(Cl)nc2cc[nH]c12. The average Bonchev–Trinajstić information content (AvgIpc) is 2.72. The third kappa shape index (κ3) is 2.96. The van der Waals surface area contributed by atoms with Crippen LogP contribution >= 0.6 is 11.6 Å². The maximum absolute atomic E-state index is 12.0. The van der Waals surface area contributed by atoms with Crippen molar-refractivity contribution in [2.75, 3.05) is 11.9 Å². The topological polar surface area (TPSA) is 71.1 Å². The molecule has 0 fully saturated rings. The number of rotatable bonds is 1. The Kier molecular flexibility index (Phi) is 3.36. The molecule has 0 saturated carbocycles. The molecule has 1 N–H and O–H groups in total. The highest BCUT2D eigenvalue weighted by molar-refractivity contribution is 6.28. The summed E-state index contributed by atoms with van der Waals surface area (Å²) in [4.78, 5) is 24.4. The number of nitrogens with zero attached hydrogens (tertiary/aromatic N) is 3. The lowest BCUT2D eigenvalue weighted by Gasteiger charge is -2.24. The lowest BCUT2D eigenvalue weighted by molar-refractivity contribution is 0.0588. The minimum atomic E-state index is -0.572. The standard InChI is InChI=1S/C12H15ClN4O2/c1-12(2,3)19-11(18)17(4)9-8-7(5-6-14-8)15-10(13)16-9/h5-6,14H,1-4H3. The Hall–Kier alpha value is -1.82. The van der Waals surface area contributed by atoms with Crippen LogP contribution in [0.25, 0.3) is 11.0 Å². The van der Waals surface area contributed by atoms with Crippen molar-refractivity contribution in [2.24, 2.45) is 0 Å². The summed E-state index contributed by atoms with van der Waals surface area (Å²) >= 11 is 5.85. The van der Waals surface area contributed by atoms with Crippen LogP contribution in [0.2, 0.25) is 5.28 Å². The Morgan fingerprint density at radius 2 is 2.11 bits per heavy atom. The van der Waals surface area contributed by atoms with Crippen molar-refractivity contribution in [1.82, 2.24) is 15.0 Å². The van der Waals surface area contributed by atoms with Gasteiger partial charge in [-0.1, -0.05) is 0 Å². The number of carbonyl (C=O) groups is 1. The summed E-state index contributed by atoms with van der Waals surface area (Å²) in [5.41, 5.74) is 0.708. The minimum absolute atomic E-state index is 0.0810. The van der Waals surface area contributed by atoms with E-state index < -0.39 is 11.7 Å².